The van der Waals surface area contributed by atoms with Gasteiger partial charge in [0.2, 0.25) is 5.01 Å². The van der Waals surface area contributed by atoms with Crippen LogP contribution in [0.1, 0.15) is 25.4 Å². The van der Waals surface area contributed by atoms with E-state index in [9.17, 15) is 14.0 Å². The monoisotopic (exact) mass is 424 g/mol. The molecule has 0 spiro atoms. The summed E-state index contributed by atoms with van der Waals surface area (Å²) in [6.45, 7) is 0.0993. The second kappa shape index (κ2) is 7.53. The van der Waals surface area contributed by atoms with Gasteiger partial charge in [-0.1, -0.05) is 17.4 Å². The summed E-state index contributed by atoms with van der Waals surface area (Å²) >= 11 is 4.14. The van der Waals surface area contributed by atoms with Crippen molar-refractivity contribution >= 4 is 44.8 Å². The Bertz CT molecular complexity index is 927. The molecule has 2 N–H and O–H groups in total. The third-order valence-electron chi connectivity index (χ3n) is 2.94. The molecule has 0 saturated heterocycles. The van der Waals surface area contributed by atoms with Crippen LogP contribution in [0, 0.1) is 5.82 Å². The average Bonchev–Trinajstić information content (AvgIpc) is 3.22. The van der Waals surface area contributed by atoms with Crippen LogP contribution in [-0.4, -0.2) is 22.0 Å². The molecular weight excluding hydrogens is 415 g/mol. The van der Waals surface area contributed by atoms with Crippen LogP contribution >= 0.6 is 27.3 Å². The first-order valence-corrected chi connectivity index (χ1v) is 8.55. The summed E-state index contributed by atoms with van der Waals surface area (Å²) in [6.07, 6.45) is 0. The molecule has 0 unspecified atom stereocenters. The van der Waals surface area contributed by atoms with Crippen molar-refractivity contribution in [3.63, 3.8) is 0 Å². The fourth-order valence-corrected chi connectivity index (χ4v) is 2.83. The lowest BCUT2D eigenvalue weighted by atomic mass is 10.3. The van der Waals surface area contributed by atoms with Crippen LogP contribution in [0.3, 0.4) is 0 Å². The molecule has 10 heteroatoms. The summed E-state index contributed by atoms with van der Waals surface area (Å²) in [6, 6.07) is 8.65. The van der Waals surface area contributed by atoms with Crippen molar-refractivity contribution in [1.82, 2.24) is 15.5 Å². The van der Waals surface area contributed by atoms with Crippen LogP contribution in [-0.2, 0) is 6.54 Å². The highest BCUT2D eigenvalue weighted by molar-refractivity contribution is 9.10. The number of furan rings is 1. The van der Waals surface area contributed by atoms with E-state index in [2.05, 4.69) is 36.8 Å². The molecule has 1 aromatic carbocycles. The Balaban J connectivity index is 1.58. The minimum atomic E-state index is -0.504. The van der Waals surface area contributed by atoms with Crippen molar-refractivity contribution in [2.75, 3.05) is 5.32 Å². The van der Waals surface area contributed by atoms with Gasteiger partial charge in [0, 0.05) is 5.69 Å². The number of nitrogens with zero attached hydrogens (tertiary/aromatic N) is 2. The van der Waals surface area contributed by atoms with Crippen molar-refractivity contribution in [2.24, 2.45) is 0 Å². The number of rotatable bonds is 5. The van der Waals surface area contributed by atoms with E-state index in [4.69, 9.17) is 4.42 Å². The maximum Gasteiger partial charge on any atom is 0.287 e. The van der Waals surface area contributed by atoms with Crippen LogP contribution in [0.5, 0.6) is 0 Å². The first-order chi connectivity index (χ1) is 12.0. The van der Waals surface area contributed by atoms with Crippen LogP contribution in [0.2, 0.25) is 0 Å². The number of benzene rings is 1. The number of aromatic nitrogens is 2. The molecule has 3 aromatic rings. The highest BCUT2D eigenvalue weighted by Crippen LogP contribution is 2.16. The maximum absolute atomic E-state index is 13.1. The van der Waals surface area contributed by atoms with Crippen molar-refractivity contribution in [2.45, 2.75) is 6.54 Å². The van der Waals surface area contributed by atoms with Crippen LogP contribution in [0.25, 0.3) is 0 Å². The number of hydrogen-bond donors (Lipinski definition) is 2. The number of amides is 2. The summed E-state index contributed by atoms with van der Waals surface area (Å²) in [7, 11) is 0. The molecule has 25 heavy (non-hydrogen) atoms. The molecule has 0 saturated carbocycles. The molecule has 0 aliphatic rings. The predicted molar refractivity (Wildman–Crippen MR) is 91.8 cm³/mol. The van der Waals surface area contributed by atoms with E-state index < -0.39 is 17.6 Å². The third kappa shape index (κ3) is 4.48. The quantitative estimate of drug-likeness (QED) is 0.655. The second-order valence-electron chi connectivity index (χ2n) is 4.75. The normalized spacial score (nSPS) is 10.5. The Labute approximate surface area is 153 Å². The van der Waals surface area contributed by atoms with E-state index in [1.165, 1.54) is 24.3 Å². The Hall–Kier alpha value is -2.59. The molecule has 0 atom stereocenters. The van der Waals surface area contributed by atoms with Gasteiger partial charge in [-0.05, 0) is 46.3 Å². The van der Waals surface area contributed by atoms with Gasteiger partial charge in [-0.15, -0.1) is 10.2 Å². The Kier molecular flexibility index (Phi) is 5.19. The van der Waals surface area contributed by atoms with E-state index in [1.807, 2.05) is 0 Å². The standard InChI is InChI=1S/C15H10BrFN4O3S/c16-11-5-4-10(24-11)13(22)18-7-12-20-21-15(25-12)14(23)19-9-3-1-2-8(17)6-9/h1-6H,7H2,(H,18,22)(H,19,23). The van der Waals surface area contributed by atoms with Crippen molar-refractivity contribution in [3.05, 3.63) is 62.7 Å². The van der Waals surface area contributed by atoms with Gasteiger partial charge in [-0.2, -0.15) is 0 Å². The lowest BCUT2D eigenvalue weighted by Crippen LogP contribution is -2.22. The minimum Gasteiger partial charge on any atom is -0.444 e. The molecule has 0 aliphatic heterocycles. The largest absolute Gasteiger partial charge is 0.444 e. The summed E-state index contributed by atoms with van der Waals surface area (Å²) in [5.74, 6) is -1.22. The van der Waals surface area contributed by atoms with Gasteiger partial charge in [0.1, 0.15) is 10.8 Å². The Morgan fingerprint density at radius 1 is 1.20 bits per heavy atom. The number of carbonyl (C=O) groups is 2. The van der Waals surface area contributed by atoms with Crippen molar-refractivity contribution in [3.8, 4) is 0 Å². The zero-order chi connectivity index (χ0) is 17.8. The molecule has 0 fully saturated rings. The molecule has 7 nitrogen and oxygen atoms in total. The Morgan fingerprint density at radius 3 is 2.76 bits per heavy atom. The van der Waals surface area contributed by atoms with Gasteiger partial charge in [-0.3, -0.25) is 9.59 Å². The fraction of sp³-hybridized carbons (Fsp3) is 0.0667. The van der Waals surface area contributed by atoms with E-state index in [0.29, 0.717) is 15.4 Å². The summed E-state index contributed by atoms with van der Waals surface area (Å²) in [4.78, 5) is 23.9. The number of nitrogens with one attached hydrogen (secondary N) is 2. The summed E-state index contributed by atoms with van der Waals surface area (Å²) in [5, 5.41) is 13.3. The first kappa shape index (κ1) is 17.2. The van der Waals surface area contributed by atoms with Gasteiger partial charge in [0.05, 0.1) is 6.54 Å². The van der Waals surface area contributed by atoms with Crippen LogP contribution in [0.15, 0.2) is 45.5 Å². The minimum absolute atomic E-state index is 0.0993. The number of hydrogen-bond acceptors (Lipinski definition) is 6. The van der Waals surface area contributed by atoms with E-state index in [1.54, 1.807) is 12.1 Å². The molecule has 0 radical (unpaired) electrons. The number of carbonyl (C=O) groups excluding carboxylic acids is 2. The molecule has 128 valence electrons. The third-order valence-corrected chi connectivity index (χ3v) is 4.29. The topological polar surface area (TPSA) is 97.1 Å². The molecule has 3 rings (SSSR count). The van der Waals surface area contributed by atoms with Crippen molar-refractivity contribution in [1.29, 1.82) is 0 Å². The highest BCUT2D eigenvalue weighted by Gasteiger charge is 2.15. The van der Waals surface area contributed by atoms with Crippen LogP contribution in [0.4, 0.5) is 10.1 Å². The van der Waals surface area contributed by atoms with Gasteiger partial charge in [0.15, 0.2) is 10.4 Å². The first-order valence-electron chi connectivity index (χ1n) is 6.94. The van der Waals surface area contributed by atoms with E-state index in [0.717, 1.165) is 11.3 Å². The number of anilines is 1. The summed E-state index contributed by atoms with van der Waals surface area (Å²) < 4.78 is 18.7. The van der Waals surface area contributed by atoms with Crippen molar-refractivity contribution < 1.29 is 18.4 Å². The maximum atomic E-state index is 13.1. The molecule has 2 amide bonds. The van der Waals surface area contributed by atoms with Gasteiger partial charge in [-0.25, -0.2) is 4.39 Å². The SMILES string of the molecule is O=C(NCc1nnc(C(=O)Nc2cccc(F)c2)s1)c1ccc(Br)o1. The van der Waals surface area contributed by atoms with Gasteiger partial charge in [0.25, 0.3) is 11.8 Å². The van der Waals surface area contributed by atoms with Gasteiger partial charge < -0.3 is 15.1 Å². The highest BCUT2D eigenvalue weighted by atomic mass is 79.9. The smallest absolute Gasteiger partial charge is 0.287 e. The van der Waals surface area contributed by atoms with Crippen LogP contribution < -0.4 is 10.6 Å². The molecule has 0 aliphatic carbocycles. The molecule has 2 heterocycles. The molecular formula is C15H10BrFN4O3S. The van der Waals surface area contributed by atoms with E-state index >= 15 is 0 Å². The average molecular weight is 425 g/mol. The molecule has 0 bridgehead atoms. The zero-order valence-corrected chi connectivity index (χ0v) is 14.9. The second-order valence-corrected chi connectivity index (χ2v) is 6.60. The molecule has 2 aromatic heterocycles. The summed E-state index contributed by atoms with van der Waals surface area (Å²) in [5.41, 5.74) is 0.318. The fourth-order valence-electron chi connectivity index (χ4n) is 1.85. The lowest BCUT2D eigenvalue weighted by molar-refractivity contribution is 0.0921. The zero-order valence-electron chi connectivity index (χ0n) is 12.5. The lowest BCUT2D eigenvalue weighted by Gasteiger charge is -2.01. The van der Waals surface area contributed by atoms with Gasteiger partial charge >= 0.3 is 0 Å². The Morgan fingerprint density at radius 2 is 2.04 bits per heavy atom. The van der Waals surface area contributed by atoms with E-state index in [-0.39, 0.29) is 17.3 Å². The number of halogens is 2. The predicted octanol–water partition coefficient (Wildman–Crippen LogP) is 3.22.